The van der Waals surface area contributed by atoms with E-state index in [0.717, 1.165) is 44.4 Å². The second-order valence-electron chi connectivity index (χ2n) is 10.2. The van der Waals surface area contributed by atoms with E-state index in [1.54, 1.807) is 18.6 Å². The minimum Gasteiger partial charge on any atom is -0.501 e. The van der Waals surface area contributed by atoms with E-state index in [0.29, 0.717) is 22.7 Å². The number of imidazole rings is 1. The summed E-state index contributed by atoms with van der Waals surface area (Å²) in [6.45, 7) is 3.75. The van der Waals surface area contributed by atoms with Crippen LogP contribution in [0.3, 0.4) is 0 Å². The molecule has 4 aromatic carbocycles. The molecule has 0 aliphatic rings. The van der Waals surface area contributed by atoms with E-state index < -0.39 is 5.89 Å². The molecule has 0 amide bonds. The van der Waals surface area contributed by atoms with Crippen molar-refractivity contribution >= 4 is 33.2 Å². The molecule has 0 saturated heterocycles. The molecule has 0 atom stereocenters. The number of para-hydroxylation sites is 1. The van der Waals surface area contributed by atoms with Gasteiger partial charge in [-0.3, -0.25) is 4.98 Å². The molecule has 8 rings (SSSR count). The summed E-state index contributed by atoms with van der Waals surface area (Å²) in [5.41, 5.74) is 7.28. The third-order valence-electron chi connectivity index (χ3n) is 7.19. The van der Waals surface area contributed by atoms with Gasteiger partial charge in [0.15, 0.2) is 11.3 Å². The molecule has 0 aliphatic carbocycles. The number of furan rings is 1. The van der Waals surface area contributed by atoms with Gasteiger partial charge in [-0.2, -0.15) is 0 Å². The summed E-state index contributed by atoms with van der Waals surface area (Å²) in [6, 6.07) is 40.0. The number of aromatic nitrogens is 5. The van der Waals surface area contributed by atoms with E-state index in [-0.39, 0.29) is 20.1 Å². The molecule has 217 valence electrons. The van der Waals surface area contributed by atoms with Gasteiger partial charge >= 0.3 is 0 Å². The van der Waals surface area contributed by atoms with Crippen LogP contribution >= 0.6 is 0 Å². The van der Waals surface area contributed by atoms with E-state index in [1.165, 1.54) is 0 Å². The maximum Gasteiger partial charge on any atom is 0.188 e. The van der Waals surface area contributed by atoms with Crippen LogP contribution in [0.5, 0.6) is 0 Å². The number of rotatable bonds is 4. The molecule has 0 saturated carbocycles. The second kappa shape index (κ2) is 12.7. The maximum atomic E-state index is 8.37. The van der Waals surface area contributed by atoms with Gasteiger partial charge in [0.25, 0.3) is 0 Å². The maximum absolute atomic E-state index is 8.37. The van der Waals surface area contributed by atoms with E-state index in [2.05, 4.69) is 27.1 Å². The number of benzene rings is 4. The number of fused-ring (bicyclic) bond motifs is 4. The zero-order valence-corrected chi connectivity index (χ0v) is 26.4. The van der Waals surface area contributed by atoms with Gasteiger partial charge in [0, 0.05) is 51.1 Å². The first-order valence-corrected chi connectivity index (χ1v) is 14.0. The summed E-state index contributed by atoms with van der Waals surface area (Å²) >= 11 is 0. The van der Waals surface area contributed by atoms with Crippen molar-refractivity contribution in [3.05, 3.63) is 139 Å². The molecule has 8 aromatic rings. The number of nitrogens with zero attached hydrogens (tertiary/aromatic N) is 5. The van der Waals surface area contributed by atoms with Gasteiger partial charge in [0.2, 0.25) is 0 Å². The number of hydrogen-bond donors (Lipinski definition) is 0. The first-order chi connectivity index (χ1) is 21.5. The Morgan fingerprint density at radius 3 is 2.36 bits per heavy atom. The van der Waals surface area contributed by atoms with Crippen LogP contribution in [-0.4, -0.2) is 24.5 Å². The summed E-state index contributed by atoms with van der Waals surface area (Å²) < 4.78 is 16.7. The Morgan fingerprint density at radius 1 is 0.773 bits per heavy atom. The summed E-state index contributed by atoms with van der Waals surface area (Å²) in [5, 5.41) is 1.98. The molecule has 0 aliphatic heterocycles. The molecule has 4 aromatic heterocycles. The zero-order chi connectivity index (χ0) is 30.1. The molecule has 6 nitrogen and oxygen atoms in total. The van der Waals surface area contributed by atoms with Crippen molar-refractivity contribution in [1.29, 1.82) is 0 Å². The van der Waals surface area contributed by atoms with Crippen LogP contribution in [0, 0.1) is 12.1 Å². The van der Waals surface area contributed by atoms with Crippen molar-refractivity contribution in [2.45, 2.75) is 19.7 Å². The van der Waals surface area contributed by atoms with Crippen LogP contribution < -0.4 is 0 Å². The van der Waals surface area contributed by atoms with Crippen molar-refractivity contribution in [2.24, 2.45) is 0 Å². The van der Waals surface area contributed by atoms with Crippen molar-refractivity contribution in [1.82, 2.24) is 24.5 Å². The third-order valence-corrected chi connectivity index (χ3v) is 7.19. The van der Waals surface area contributed by atoms with Gasteiger partial charge in [-0.15, -0.1) is 54.1 Å². The van der Waals surface area contributed by atoms with Gasteiger partial charge in [-0.25, -0.2) is 9.97 Å². The first kappa shape index (κ1) is 27.8. The van der Waals surface area contributed by atoms with Crippen LogP contribution in [0.2, 0.25) is 0 Å². The summed E-state index contributed by atoms with van der Waals surface area (Å²) in [5.74, 6) is -0.0381. The van der Waals surface area contributed by atoms with E-state index in [9.17, 15) is 0 Å². The zero-order valence-electron chi connectivity index (χ0n) is 25.0. The fourth-order valence-electron chi connectivity index (χ4n) is 5.09. The molecule has 44 heavy (non-hydrogen) atoms. The van der Waals surface area contributed by atoms with Gasteiger partial charge in [-0.05, 0) is 41.4 Å². The molecule has 0 bridgehead atoms. The predicted molar refractivity (Wildman–Crippen MR) is 171 cm³/mol. The molecule has 0 unspecified atom stereocenters. The Balaban J connectivity index is 0.000000231. The molecule has 0 N–H and O–H groups in total. The Labute approximate surface area is 270 Å². The Hall–Kier alpha value is -4.97. The van der Waals surface area contributed by atoms with Crippen LogP contribution in [0.25, 0.3) is 61.6 Å². The Bertz CT molecular complexity index is 2170. The SMILES string of the molecule is [2H]C(C)(C)c1ccc2c(c1)oc1c(-c3nc4nccnc4n3-c3ccccc3)[c-]ccc12.[Ir].[c-]1ccccc1-c1ccccn1. The molecule has 4 heterocycles. The molecule has 0 fully saturated rings. The Kier molecular flexibility index (Phi) is 8.05. The van der Waals surface area contributed by atoms with Gasteiger partial charge in [-0.1, -0.05) is 67.3 Å². The fourth-order valence-corrected chi connectivity index (χ4v) is 5.09. The quantitative estimate of drug-likeness (QED) is 0.168. The largest absolute Gasteiger partial charge is 0.501 e. The average Bonchev–Trinajstić information content (AvgIpc) is 3.64. The van der Waals surface area contributed by atoms with E-state index in [1.807, 2.05) is 122 Å². The molecule has 7 heteroatoms. The van der Waals surface area contributed by atoms with Crippen molar-refractivity contribution in [3.63, 3.8) is 0 Å². The van der Waals surface area contributed by atoms with Gasteiger partial charge in [0.05, 0.1) is 11.4 Å². The van der Waals surface area contributed by atoms with Crippen LogP contribution in [0.4, 0.5) is 0 Å². The minimum atomic E-state index is -0.708. The predicted octanol–water partition coefficient (Wildman–Crippen LogP) is 8.85. The van der Waals surface area contributed by atoms with Crippen LogP contribution in [-0.2, 0) is 20.1 Å². The summed E-state index contributed by atoms with van der Waals surface area (Å²) in [7, 11) is 0. The van der Waals surface area contributed by atoms with Crippen molar-refractivity contribution in [3.8, 4) is 28.3 Å². The average molecular weight is 751 g/mol. The minimum absolute atomic E-state index is 0. The monoisotopic (exact) mass is 751 g/mol. The van der Waals surface area contributed by atoms with Gasteiger partial charge in [0.1, 0.15) is 5.58 Å². The van der Waals surface area contributed by atoms with Crippen LogP contribution in [0.15, 0.2) is 126 Å². The van der Waals surface area contributed by atoms with E-state index >= 15 is 0 Å². The number of hydrogen-bond acceptors (Lipinski definition) is 5. The smallest absolute Gasteiger partial charge is 0.188 e. The Morgan fingerprint density at radius 2 is 1.59 bits per heavy atom. The summed E-state index contributed by atoms with van der Waals surface area (Å²) in [6.07, 6.45) is 5.10. The standard InChI is InChI=1S/C26H19N4O.C11H8N.Ir/c1-16(2)17-11-12-19-20-9-6-10-21(23(20)31-22(19)15-17)25-29-24-26(28-14-13-27-24)30(25)18-7-4-3-5-8-18;1-2-6-10(7-3-1)11-8-4-5-9-12-11;/h3-9,11-16H,1-2H3;1-6,8-9H;/q2*-1;/i16D;;. The van der Waals surface area contributed by atoms with Crippen molar-refractivity contribution in [2.75, 3.05) is 0 Å². The van der Waals surface area contributed by atoms with Crippen LogP contribution in [0.1, 0.15) is 26.7 Å². The molecule has 1 radical (unpaired) electrons. The topological polar surface area (TPSA) is 69.6 Å². The third kappa shape index (κ3) is 5.55. The second-order valence-corrected chi connectivity index (χ2v) is 10.2. The molecular weight excluding hydrogens is 723 g/mol. The molecule has 0 spiro atoms. The normalized spacial score (nSPS) is 11.5. The van der Waals surface area contributed by atoms with Gasteiger partial charge < -0.3 is 14.0 Å². The van der Waals surface area contributed by atoms with Crippen molar-refractivity contribution < 1.29 is 25.9 Å². The number of pyridine rings is 1. The van der Waals surface area contributed by atoms with E-state index in [4.69, 9.17) is 10.8 Å². The fraction of sp³-hybridized carbons (Fsp3) is 0.0811. The molecular formula is C37H27IrN5O-2. The summed E-state index contributed by atoms with van der Waals surface area (Å²) in [4.78, 5) is 18.0. The first-order valence-electron chi connectivity index (χ1n) is 14.5.